The van der Waals surface area contributed by atoms with Gasteiger partial charge in [0, 0.05) is 30.9 Å². The highest BCUT2D eigenvalue weighted by molar-refractivity contribution is 6.00. The van der Waals surface area contributed by atoms with Crippen molar-refractivity contribution in [2.75, 3.05) is 0 Å². The quantitative estimate of drug-likeness (QED) is 0.870. The van der Waals surface area contributed by atoms with Crippen molar-refractivity contribution < 1.29 is 13.6 Å². The third-order valence-corrected chi connectivity index (χ3v) is 3.81. The van der Waals surface area contributed by atoms with Crippen LogP contribution in [0.4, 0.5) is 8.78 Å². The van der Waals surface area contributed by atoms with Crippen molar-refractivity contribution in [3.05, 3.63) is 41.6 Å². The minimum absolute atomic E-state index is 0.00557. The highest BCUT2D eigenvalue weighted by atomic mass is 19.1. The third-order valence-electron chi connectivity index (χ3n) is 3.81. The third kappa shape index (κ3) is 4.40. The molecule has 6 heteroatoms. The topological polar surface area (TPSA) is 46.9 Å². The molecule has 1 aromatic carbocycles. The molecule has 2 rings (SSSR count). The molecule has 130 valence electrons. The summed E-state index contributed by atoms with van der Waals surface area (Å²) >= 11 is 0. The molecule has 0 saturated heterocycles. The molecule has 24 heavy (non-hydrogen) atoms. The number of aryl methyl sites for hydroxylation is 1. The maximum atomic E-state index is 14.0. The van der Waals surface area contributed by atoms with Crippen molar-refractivity contribution >= 4 is 5.91 Å². The molecule has 0 aliphatic heterocycles. The number of carbonyl (C=O) groups excluding carboxylic acids is 1. The molecule has 1 aromatic heterocycles. The van der Waals surface area contributed by atoms with E-state index in [0.717, 1.165) is 25.0 Å². The number of aromatic nitrogens is 2. The number of nitrogens with one attached hydrogen (secondary N) is 1. The predicted octanol–water partition coefficient (Wildman–Crippen LogP) is 3.92. The lowest BCUT2D eigenvalue weighted by molar-refractivity contribution is 0.0938. The number of hydrogen-bond acceptors (Lipinski definition) is 2. The summed E-state index contributed by atoms with van der Waals surface area (Å²) in [4.78, 5) is 12.5. The number of halogens is 2. The summed E-state index contributed by atoms with van der Waals surface area (Å²) in [6, 6.07) is 3.24. The normalized spacial score (nSPS) is 12.5. The van der Waals surface area contributed by atoms with Crippen LogP contribution >= 0.6 is 0 Å². The Balaban J connectivity index is 2.23. The minimum Gasteiger partial charge on any atom is -0.349 e. The van der Waals surface area contributed by atoms with Crippen LogP contribution in [0.1, 0.15) is 44.0 Å². The summed E-state index contributed by atoms with van der Waals surface area (Å²) in [5, 5.41) is 7.08. The van der Waals surface area contributed by atoms with Crippen LogP contribution in [-0.4, -0.2) is 21.7 Å². The number of amides is 1. The van der Waals surface area contributed by atoms with Gasteiger partial charge in [0.2, 0.25) is 0 Å². The van der Waals surface area contributed by atoms with Crippen LogP contribution in [0.25, 0.3) is 11.3 Å². The van der Waals surface area contributed by atoms with E-state index < -0.39 is 11.6 Å². The minimum atomic E-state index is -0.740. The summed E-state index contributed by atoms with van der Waals surface area (Å²) in [7, 11) is 1.66. The molecule has 2 aromatic rings. The lowest BCUT2D eigenvalue weighted by Crippen LogP contribution is -2.32. The SMILES string of the molecule is CC(C)CCC(C)NC(=O)c1cn(C)nc1-c1ccc(F)cc1F. The first kappa shape index (κ1) is 18.1. The van der Waals surface area contributed by atoms with Gasteiger partial charge in [-0.1, -0.05) is 13.8 Å². The first-order valence-electron chi connectivity index (χ1n) is 8.08. The number of benzene rings is 1. The molecule has 0 fully saturated rings. The fraction of sp³-hybridized carbons (Fsp3) is 0.444. The number of rotatable bonds is 6. The van der Waals surface area contributed by atoms with E-state index in [-0.39, 0.29) is 28.8 Å². The summed E-state index contributed by atoms with van der Waals surface area (Å²) in [5.41, 5.74) is 0.597. The predicted molar refractivity (Wildman–Crippen MR) is 89.6 cm³/mol. The van der Waals surface area contributed by atoms with E-state index in [4.69, 9.17) is 0 Å². The van der Waals surface area contributed by atoms with E-state index in [2.05, 4.69) is 24.3 Å². The molecule has 0 saturated carbocycles. The maximum Gasteiger partial charge on any atom is 0.255 e. The van der Waals surface area contributed by atoms with Gasteiger partial charge in [0.25, 0.3) is 5.91 Å². The highest BCUT2D eigenvalue weighted by Gasteiger charge is 2.21. The zero-order chi connectivity index (χ0) is 17.9. The van der Waals surface area contributed by atoms with Crippen molar-refractivity contribution in [1.82, 2.24) is 15.1 Å². The van der Waals surface area contributed by atoms with Crippen molar-refractivity contribution in [2.45, 2.75) is 39.7 Å². The lowest BCUT2D eigenvalue weighted by atomic mass is 10.0. The van der Waals surface area contributed by atoms with Crippen LogP contribution in [0.2, 0.25) is 0 Å². The van der Waals surface area contributed by atoms with Gasteiger partial charge in [-0.25, -0.2) is 8.78 Å². The average molecular weight is 335 g/mol. The Morgan fingerprint density at radius 3 is 2.58 bits per heavy atom. The van der Waals surface area contributed by atoms with Gasteiger partial charge in [-0.3, -0.25) is 9.48 Å². The summed E-state index contributed by atoms with van der Waals surface area (Å²) in [6.07, 6.45) is 3.42. The zero-order valence-electron chi connectivity index (χ0n) is 14.4. The molecule has 1 unspecified atom stereocenters. The van der Waals surface area contributed by atoms with Crippen molar-refractivity contribution in [2.24, 2.45) is 13.0 Å². The highest BCUT2D eigenvalue weighted by Crippen LogP contribution is 2.25. The van der Waals surface area contributed by atoms with E-state index in [0.29, 0.717) is 5.92 Å². The van der Waals surface area contributed by atoms with Crippen LogP contribution in [0.5, 0.6) is 0 Å². The molecular formula is C18H23F2N3O. The Labute approximate surface area is 140 Å². The second kappa shape index (κ2) is 7.55. The Morgan fingerprint density at radius 1 is 1.25 bits per heavy atom. The van der Waals surface area contributed by atoms with E-state index in [1.54, 1.807) is 13.2 Å². The van der Waals surface area contributed by atoms with Crippen LogP contribution in [-0.2, 0) is 7.05 Å². The Hall–Kier alpha value is -2.24. The van der Waals surface area contributed by atoms with Crippen LogP contribution in [0, 0.1) is 17.6 Å². The maximum absolute atomic E-state index is 14.0. The largest absolute Gasteiger partial charge is 0.349 e. The summed E-state index contributed by atoms with van der Waals surface area (Å²) < 4.78 is 28.6. The monoisotopic (exact) mass is 335 g/mol. The molecule has 4 nitrogen and oxygen atoms in total. The van der Waals surface area contributed by atoms with Crippen LogP contribution in [0.15, 0.2) is 24.4 Å². The van der Waals surface area contributed by atoms with E-state index >= 15 is 0 Å². The first-order valence-corrected chi connectivity index (χ1v) is 8.08. The van der Waals surface area contributed by atoms with Gasteiger partial charge in [0.15, 0.2) is 0 Å². The van der Waals surface area contributed by atoms with Gasteiger partial charge in [-0.2, -0.15) is 5.10 Å². The number of nitrogens with zero attached hydrogens (tertiary/aromatic N) is 2. The van der Waals surface area contributed by atoms with Gasteiger partial charge < -0.3 is 5.32 Å². The van der Waals surface area contributed by atoms with E-state index in [1.165, 1.54) is 10.7 Å². The van der Waals surface area contributed by atoms with Crippen LogP contribution in [0.3, 0.4) is 0 Å². The first-order chi connectivity index (χ1) is 11.3. The number of carbonyl (C=O) groups is 1. The molecular weight excluding hydrogens is 312 g/mol. The second-order valence-corrected chi connectivity index (χ2v) is 6.53. The van der Waals surface area contributed by atoms with Gasteiger partial charge in [-0.15, -0.1) is 0 Å². The molecule has 0 spiro atoms. The molecule has 0 aliphatic rings. The molecule has 0 aliphatic carbocycles. The van der Waals surface area contributed by atoms with Crippen molar-refractivity contribution in [3.63, 3.8) is 0 Å². The van der Waals surface area contributed by atoms with E-state index in [9.17, 15) is 13.6 Å². The molecule has 0 bridgehead atoms. The second-order valence-electron chi connectivity index (χ2n) is 6.53. The average Bonchev–Trinajstić information content (AvgIpc) is 2.87. The zero-order valence-corrected chi connectivity index (χ0v) is 14.4. The smallest absolute Gasteiger partial charge is 0.255 e. The van der Waals surface area contributed by atoms with Gasteiger partial charge >= 0.3 is 0 Å². The fourth-order valence-electron chi connectivity index (χ4n) is 2.49. The molecule has 1 atom stereocenters. The number of hydrogen-bond donors (Lipinski definition) is 1. The van der Waals surface area contributed by atoms with Crippen molar-refractivity contribution in [3.8, 4) is 11.3 Å². The fourth-order valence-corrected chi connectivity index (χ4v) is 2.49. The van der Waals surface area contributed by atoms with Gasteiger partial charge in [-0.05, 0) is 37.8 Å². The Kier molecular flexibility index (Phi) is 5.70. The van der Waals surface area contributed by atoms with Gasteiger partial charge in [0.1, 0.15) is 17.3 Å². The van der Waals surface area contributed by atoms with Gasteiger partial charge in [0.05, 0.1) is 5.56 Å². The lowest BCUT2D eigenvalue weighted by Gasteiger charge is -2.15. The Bertz CT molecular complexity index is 725. The molecule has 0 radical (unpaired) electrons. The van der Waals surface area contributed by atoms with Crippen molar-refractivity contribution in [1.29, 1.82) is 0 Å². The Morgan fingerprint density at radius 2 is 1.96 bits per heavy atom. The molecule has 1 amide bonds. The van der Waals surface area contributed by atoms with E-state index in [1.807, 2.05) is 6.92 Å². The standard InChI is InChI=1S/C18H23F2N3O/c1-11(2)5-6-12(3)21-18(24)15-10-23(4)22-17(15)14-8-7-13(19)9-16(14)20/h7-12H,5-6H2,1-4H3,(H,21,24). The summed E-state index contributed by atoms with van der Waals surface area (Å²) in [6.45, 7) is 6.20. The van der Waals surface area contributed by atoms with Crippen LogP contribution < -0.4 is 5.32 Å². The molecule has 1 N–H and O–H groups in total. The summed E-state index contributed by atoms with van der Waals surface area (Å²) in [5.74, 6) is -1.15. The molecule has 1 heterocycles.